The van der Waals surface area contributed by atoms with E-state index >= 15 is 0 Å². The van der Waals surface area contributed by atoms with E-state index in [-0.39, 0.29) is 6.42 Å². The van der Waals surface area contributed by atoms with Crippen molar-refractivity contribution in [3.8, 4) is 5.75 Å². The highest BCUT2D eigenvalue weighted by Gasteiger charge is 2.07. The Morgan fingerprint density at radius 2 is 2.20 bits per heavy atom. The molecule has 0 saturated carbocycles. The van der Waals surface area contributed by atoms with E-state index in [9.17, 15) is 9.90 Å². The average Bonchev–Trinajstić information content (AvgIpc) is 2.43. The van der Waals surface area contributed by atoms with Crippen molar-refractivity contribution in [1.29, 1.82) is 0 Å². The summed E-state index contributed by atoms with van der Waals surface area (Å²) in [5.41, 5.74) is 4.65. The van der Waals surface area contributed by atoms with Gasteiger partial charge in [0.2, 0.25) is 0 Å². The molecule has 0 heterocycles. The Hall–Kier alpha value is -2.15. The van der Waals surface area contributed by atoms with Crippen LogP contribution in [-0.4, -0.2) is 31.0 Å². The molecule has 1 aromatic carbocycles. The molecular formula is C13H16N3O3S-. The Balaban J connectivity index is 3.01. The van der Waals surface area contributed by atoms with Crippen LogP contribution < -0.4 is 20.6 Å². The molecule has 0 bridgehead atoms. The van der Waals surface area contributed by atoms with Crippen LogP contribution in [0.2, 0.25) is 0 Å². The minimum Gasteiger partial charge on any atom is -0.550 e. The lowest BCUT2D eigenvalue weighted by molar-refractivity contribution is -0.304. The summed E-state index contributed by atoms with van der Waals surface area (Å²) in [6.45, 7) is 1.79. The quantitative estimate of drug-likeness (QED) is 0.444. The smallest absolute Gasteiger partial charge is 0.186 e. The molecular weight excluding hydrogens is 278 g/mol. The lowest BCUT2D eigenvalue weighted by atomic mass is 10.0. The molecule has 0 spiro atoms. The van der Waals surface area contributed by atoms with Gasteiger partial charge in [0, 0.05) is 25.0 Å². The van der Waals surface area contributed by atoms with Gasteiger partial charge in [-0.3, -0.25) is 5.43 Å². The maximum absolute atomic E-state index is 10.7. The SMILES string of the molecule is CNC(=S)N/N=C(/C)c1ccc(OC)c(CC(=O)[O-])c1. The molecule has 0 unspecified atom stereocenters. The molecule has 0 atom stereocenters. The van der Waals surface area contributed by atoms with E-state index in [0.717, 1.165) is 5.56 Å². The maximum atomic E-state index is 10.7. The van der Waals surface area contributed by atoms with Gasteiger partial charge in [0.15, 0.2) is 5.11 Å². The fraction of sp³-hybridized carbons (Fsp3) is 0.308. The first kappa shape index (κ1) is 15.9. The molecule has 1 aromatic rings. The molecule has 6 nitrogen and oxygen atoms in total. The fourth-order valence-electron chi connectivity index (χ4n) is 1.55. The number of hydrogen-bond acceptors (Lipinski definition) is 5. The van der Waals surface area contributed by atoms with Crippen molar-refractivity contribution in [3.05, 3.63) is 29.3 Å². The van der Waals surface area contributed by atoms with Crippen LogP contribution in [0.3, 0.4) is 0 Å². The van der Waals surface area contributed by atoms with Crippen molar-refractivity contribution in [3.63, 3.8) is 0 Å². The van der Waals surface area contributed by atoms with E-state index in [2.05, 4.69) is 15.8 Å². The van der Waals surface area contributed by atoms with Crippen molar-refractivity contribution < 1.29 is 14.6 Å². The van der Waals surface area contributed by atoms with Crippen molar-refractivity contribution in [2.45, 2.75) is 13.3 Å². The summed E-state index contributed by atoms with van der Waals surface area (Å²) in [7, 11) is 3.17. The van der Waals surface area contributed by atoms with Gasteiger partial charge in [0.1, 0.15) is 5.75 Å². The molecule has 0 amide bonds. The van der Waals surface area contributed by atoms with Gasteiger partial charge in [-0.2, -0.15) is 5.10 Å². The number of hydrogen-bond donors (Lipinski definition) is 2. The number of carbonyl (C=O) groups excluding carboxylic acids is 1. The summed E-state index contributed by atoms with van der Waals surface area (Å²) in [6.07, 6.45) is -0.216. The van der Waals surface area contributed by atoms with Crippen molar-refractivity contribution in [2.24, 2.45) is 5.10 Å². The first-order chi connectivity index (χ1) is 9.47. The van der Waals surface area contributed by atoms with E-state index < -0.39 is 5.97 Å². The lowest BCUT2D eigenvalue weighted by Crippen LogP contribution is -2.29. The molecule has 7 heteroatoms. The fourth-order valence-corrected chi connectivity index (χ4v) is 1.60. The Labute approximate surface area is 122 Å². The second-order valence-corrected chi connectivity index (χ2v) is 4.37. The minimum absolute atomic E-state index is 0.216. The zero-order valence-corrected chi connectivity index (χ0v) is 12.3. The first-order valence-corrected chi connectivity index (χ1v) is 6.28. The van der Waals surface area contributed by atoms with Gasteiger partial charge >= 0.3 is 0 Å². The summed E-state index contributed by atoms with van der Waals surface area (Å²) in [5.74, 6) is -0.658. The molecule has 0 aliphatic heterocycles. The molecule has 108 valence electrons. The molecule has 0 aliphatic rings. The average molecular weight is 294 g/mol. The second kappa shape index (κ2) is 7.44. The molecule has 0 radical (unpaired) electrons. The van der Waals surface area contributed by atoms with E-state index in [1.54, 1.807) is 32.2 Å². The molecule has 0 fully saturated rings. The Morgan fingerprint density at radius 1 is 1.50 bits per heavy atom. The number of ether oxygens (including phenoxy) is 1. The summed E-state index contributed by atoms with van der Waals surface area (Å²) in [6, 6.07) is 5.20. The number of aliphatic carboxylic acids is 1. The van der Waals surface area contributed by atoms with Crippen LogP contribution in [0.25, 0.3) is 0 Å². The van der Waals surface area contributed by atoms with Gasteiger partial charge in [-0.1, -0.05) is 0 Å². The minimum atomic E-state index is -1.16. The van der Waals surface area contributed by atoms with Crippen LogP contribution in [-0.2, 0) is 11.2 Å². The summed E-state index contributed by atoms with van der Waals surface area (Å²) in [4.78, 5) is 10.7. The van der Waals surface area contributed by atoms with E-state index in [1.165, 1.54) is 7.11 Å². The summed E-state index contributed by atoms with van der Waals surface area (Å²) < 4.78 is 5.12. The third-order valence-corrected chi connectivity index (χ3v) is 2.88. The van der Waals surface area contributed by atoms with E-state index in [4.69, 9.17) is 17.0 Å². The monoisotopic (exact) mass is 294 g/mol. The van der Waals surface area contributed by atoms with Crippen LogP contribution in [0.5, 0.6) is 5.75 Å². The van der Waals surface area contributed by atoms with E-state index in [0.29, 0.717) is 22.1 Å². The number of thiocarbonyl (C=S) groups is 1. The van der Waals surface area contributed by atoms with Gasteiger partial charge in [-0.15, -0.1) is 0 Å². The summed E-state index contributed by atoms with van der Waals surface area (Å²) in [5, 5.41) is 18.0. The van der Waals surface area contributed by atoms with Gasteiger partial charge in [0.25, 0.3) is 0 Å². The highest BCUT2D eigenvalue weighted by Crippen LogP contribution is 2.20. The normalized spacial score (nSPS) is 10.8. The molecule has 2 N–H and O–H groups in total. The predicted octanol–water partition coefficient (Wildman–Crippen LogP) is -0.194. The standard InChI is InChI=1S/C13H17N3O3S/c1-8(15-16-13(20)14-2)9-4-5-11(19-3)10(6-9)7-12(17)18/h4-6H,7H2,1-3H3,(H,17,18)(H2,14,16,20)/p-1/b15-8-. The number of nitrogens with zero attached hydrogens (tertiary/aromatic N) is 1. The van der Waals surface area contributed by atoms with Crippen LogP contribution >= 0.6 is 12.2 Å². The Morgan fingerprint density at radius 3 is 2.75 bits per heavy atom. The van der Waals surface area contributed by atoms with Gasteiger partial charge < -0.3 is 20.0 Å². The third-order valence-electron chi connectivity index (χ3n) is 2.59. The number of carboxylic acids is 1. The highest BCUT2D eigenvalue weighted by atomic mass is 32.1. The van der Waals surface area contributed by atoms with Crippen molar-refractivity contribution in [1.82, 2.24) is 10.7 Å². The second-order valence-electron chi connectivity index (χ2n) is 3.96. The first-order valence-electron chi connectivity index (χ1n) is 5.87. The van der Waals surface area contributed by atoms with Crippen molar-refractivity contribution in [2.75, 3.05) is 14.2 Å². The number of hydrazone groups is 1. The maximum Gasteiger partial charge on any atom is 0.186 e. The van der Waals surface area contributed by atoms with Crippen LogP contribution in [0, 0.1) is 0 Å². The van der Waals surface area contributed by atoms with E-state index in [1.807, 2.05) is 0 Å². The third kappa shape index (κ3) is 4.51. The van der Waals surface area contributed by atoms with Crippen LogP contribution in [0.4, 0.5) is 0 Å². The molecule has 1 rings (SSSR count). The molecule has 0 saturated heterocycles. The molecule has 20 heavy (non-hydrogen) atoms. The van der Waals surface area contributed by atoms with Crippen molar-refractivity contribution >= 4 is 29.0 Å². The lowest BCUT2D eigenvalue weighted by Gasteiger charge is -2.11. The molecule has 0 aromatic heterocycles. The number of rotatable bonds is 5. The Kier molecular flexibility index (Phi) is 5.92. The zero-order chi connectivity index (χ0) is 15.1. The number of carbonyl (C=O) groups is 1. The molecule has 0 aliphatic carbocycles. The number of benzene rings is 1. The Bertz CT molecular complexity index is 544. The van der Waals surface area contributed by atoms with Gasteiger partial charge in [0.05, 0.1) is 12.8 Å². The summed E-state index contributed by atoms with van der Waals surface area (Å²) >= 11 is 4.91. The number of carboxylic acid groups (broad SMARTS) is 1. The highest BCUT2D eigenvalue weighted by molar-refractivity contribution is 7.80. The van der Waals surface area contributed by atoms with Gasteiger partial charge in [-0.25, -0.2) is 0 Å². The number of methoxy groups -OCH3 is 1. The zero-order valence-electron chi connectivity index (χ0n) is 11.5. The van der Waals surface area contributed by atoms with Crippen LogP contribution in [0.15, 0.2) is 23.3 Å². The van der Waals surface area contributed by atoms with Gasteiger partial charge in [-0.05, 0) is 42.9 Å². The number of nitrogens with one attached hydrogen (secondary N) is 2. The predicted molar refractivity (Wildman–Crippen MR) is 78.7 cm³/mol. The van der Waals surface area contributed by atoms with Crippen LogP contribution in [0.1, 0.15) is 18.1 Å². The largest absolute Gasteiger partial charge is 0.550 e. The topological polar surface area (TPSA) is 85.8 Å².